The molecule has 0 fully saturated rings. The molecule has 35 heavy (non-hydrogen) atoms. The van der Waals surface area contributed by atoms with Gasteiger partial charge in [-0.25, -0.2) is 4.79 Å². The van der Waals surface area contributed by atoms with E-state index < -0.39 is 11.9 Å². The van der Waals surface area contributed by atoms with Crippen molar-refractivity contribution < 1.29 is 19.1 Å². The average Bonchev–Trinajstić information content (AvgIpc) is 3.26. The number of nitriles is 1. The fourth-order valence-corrected chi connectivity index (χ4v) is 4.63. The van der Waals surface area contributed by atoms with Gasteiger partial charge in [0.05, 0.1) is 12.7 Å². The molecule has 2 aromatic carbocycles. The van der Waals surface area contributed by atoms with Crippen LogP contribution in [0.1, 0.15) is 46.1 Å². The Labute approximate surface area is 217 Å². The Bertz CT molecular complexity index is 1300. The van der Waals surface area contributed by atoms with E-state index in [1.807, 2.05) is 19.9 Å². The highest BCUT2D eigenvalue weighted by molar-refractivity contribution is 7.16. The van der Waals surface area contributed by atoms with Crippen molar-refractivity contribution in [3.05, 3.63) is 85.7 Å². The lowest BCUT2D eigenvalue weighted by Crippen LogP contribution is -2.15. The van der Waals surface area contributed by atoms with E-state index in [1.165, 1.54) is 24.5 Å². The minimum Gasteiger partial charge on any atom is -0.488 e. The zero-order valence-electron chi connectivity index (χ0n) is 19.2. The number of esters is 1. The summed E-state index contributed by atoms with van der Waals surface area (Å²) in [6, 6.07) is 15.8. The molecule has 0 spiro atoms. The van der Waals surface area contributed by atoms with E-state index in [4.69, 9.17) is 32.7 Å². The molecule has 0 atom stereocenters. The molecule has 1 amide bonds. The Morgan fingerprint density at radius 2 is 1.83 bits per heavy atom. The normalized spacial score (nSPS) is 11.2. The molecule has 0 aliphatic heterocycles. The number of carbonyl (C=O) groups excluding carboxylic acids is 2. The second kappa shape index (κ2) is 11.9. The van der Waals surface area contributed by atoms with Gasteiger partial charge in [-0.15, -0.1) is 11.3 Å². The number of hydrogen-bond acceptors (Lipinski definition) is 6. The van der Waals surface area contributed by atoms with E-state index in [0.717, 1.165) is 4.88 Å². The van der Waals surface area contributed by atoms with Crippen LogP contribution in [-0.4, -0.2) is 19.0 Å². The number of benzene rings is 2. The molecule has 180 valence electrons. The summed E-state index contributed by atoms with van der Waals surface area (Å²) in [6.07, 6.45) is 1.42. The first-order valence-electron chi connectivity index (χ1n) is 10.5. The van der Waals surface area contributed by atoms with Crippen molar-refractivity contribution in [1.82, 2.24) is 0 Å². The van der Waals surface area contributed by atoms with Crippen molar-refractivity contribution in [2.45, 2.75) is 26.4 Å². The maximum absolute atomic E-state index is 12.9. The largest absolute Gasteiger partial charge is 0.488 e. The summed E-state index contributed by atoms with van der Waals surface area (Å²) in [5.74, 6) is -0.630. The van der Waals surface area contributed by atoms with Crippen LogP contribution in [0.2, 0.25) is 10.0 Å². The van der Waals surface area contributed by atoms with Crippen molar-refractivity contribution in [3.63, 3.8) is 0 Å². The van der Waals surface area contributed by atoms with Crippen molar-refractivity contribution in [1.29, 1.82) is 5.26 Å². The molecule has 0 aliphatic carbocycles. The number of methoxy groups -OCH3 is 1. The predicted molar refractivity (Wildman–Crippen MR) is 139 cm³/mol. The minimum atomic E-state index is -0.654. The average molecular weight is 529 g/mol. The topological polar surface area (TPSA) is 88.4 Å². The smallest absolute Gasteiger partial charge is 0.340 e. The van der Waals surface area contributed by atoms with E-state index in [9.17, 15) is 14.9 Å². The van der Waals surface area contributed by atoms with Gasteiger partial charge in [-0.1, -0.05) is 61.3 Å². The van der Waals surface area contributed by atoms with Crippen molar-refractivity contribution >= 4 is 57.5 Å². The number of hydrogen-bond donors (Lipinski definition) is 1. The van der Waals surface area contributed by atoms with E-state index >= 15 is 0 Å². The first kappa shape index (κ1) is 26.3. The minimum absolute atomic E-state index is 0.104. The van der Waals surface area contributed by atoms with Gasteiger partial charge in [0.1, 0.15) is 29.0 Å². The van der Waals surface area contributed by atoms with Crippen molar-refractivity contribution in [2.75, 3.05) is 12.4 Å². The van der Waals surface area contributed by atoms with E-state index in [1.54, 1.807) is 48.5 Å². The number of nitrogens with one attached hydrogen (secondary N) is 1. The monoisotopic (exact) mass is 528 g/mol. The molecular formula is C26H22Cl2N2O4S. The molecule has 0 unspecified atom stereocenters. The summed E-state index contributed by atoms with van der Waals surface area (Å²) >= 11 is 13.7. The van der Waals surface area contributed by atoms with Gasteiger partial charge in [0, 0.05) is 26.0 Å². The van der Waals surface area contributed by atoms with Crippen LogP contribution in [0.3, 0.4) is 0 Å². The molecule has 1 heterocycles. The van der Waals surface area contributed by atoms with Crippen LogP contribution in [0.5, 0.6) is 5.75 Å². The van der Waals surface area contributed by atoms with Crippen LogP contribution < -0.4 is 10.1 Å². The molecule has 1 N–H and O–H groups in total. The number of ether oxygens (including phenoxy) is 2. The lowest BCUT2D eigenvalue weighted by molar-refractivity contribution is -0.112. The zero-order valence-corrected chi connectivity index (χ0v) is 21.6. The van der Waals surface area contributed by atoms with Gasteiger partial charge < -0.3 is 14.8 Å². The molecular weight excluding hydrogens is 507 g/mol. The van der Waals surface area contributed by atoms with Crippen molar-refractivity contribution in [3.8, 4) is 11.8 Å². The van der Waals surface area contributed by atoms with E-state index in [-0.39, 0.29) is 23.7 Å². The maximum Gasteiger partial charge on any atom is 0.340 e. The number of nitrogens with zero attached hydrogens (tertiary/aromatic N) is 1. The second-order valence-electron chi connectivity index (χ2n) is 7.69. The van der Waals surface area contributed by atoms with Crippen LogP contribution in [0.4, 0.5) is 5.00 Å². The molecule has 6 nitrogen and oxygen atoms in total. The first-order valence-corrected chi connectivity index (χ1v) is 12.1. The summed E-state index contributed by atoms with van der Waals surface area (Å²) < 4.78 is 10.7. The molecule has 0 saturated carbocycles. The summed E-state index contributed by atoms with van der Waals surface area (Å²) in [5, 5.41) is 13.6. The number of carbonyl (C=O) groups is 2. The van der Waals surface area contributed by atoms with Gasteiger partial charge in [-0.2, -0.15) is 5.26 Å². The van der Waals surface area contributed by atoms with Crippen molar-refractivity contribution in [2.24, 2.45) is 0 Å². The number of thiophene rings is 1. The molecule has 0 bridgehead atoms. The zero-order chi connectivity index (χ0) is 25.5. The number of rotatable bonds is 8. The summed E-state index contributed by atoms with van der Waals surface area (Å²) in [6.45, 7) is 4.06. The van der Waals surface area contributed by atoms with Crippen LogP contribution in [0.25, 0.3) is 6.08 Å². The lowest BCUT2D eigenvalue weighted by Gasteiger charge is -2.12. The molecule has 9 heteroatoms. The van der Waals surface area contributed by atoms with E-state index in [2.05, 4.69) is 5.32 Å². The quantitative estimate of drug-likeness (QED) is 0.191. The highest BCUT2D eigenvalue weighted by atomic mass is 35.5. The Morgan fingerprint density at radius 3 is 2.46 bits per heavy atom. The summed E-state index contributed by atoms with van der Waals surface area (Å²) in [4.78, 5) is 26.0. The summed E-state index contributed by atoms with van der Waals surface area (Å²) in [5.41, 5.74) is 1.23. The van der Waals surface area contributed by atoms with Crippen LogP contribution in [0, 0.1) is 11.3 Å². The van der Waals surface area contributed by atoms with Gasteiger partial charge in [0.2, 0.25) is 0 Å². The molecule has 3 aromatic rings. The van der Waals surface area contributed by atoms with Crippen LogP contribution >= 0.6 is 34.5 Å². The lowest BCUT2D eigenvalue weighted by atomic mass is 10.1. The maximum atomic E-state index is 12.9. The molecule has 1 aromatic heterocycles. The number of halogens is 2. The third-order valence-corrected chi connectivity index (χ3v) is 7.03. The SMILES string of the molecule is COC(=O)c1cc(C(C)C)sc1NC(=O)/C(C#N)=C/c1ccccc1OCc1c(Cl)cccc1Cl. The number of anilines is 1. The third kappa shape index (κ3) is 6.43. The first-order chi connectivity index (χ1) is 16.7. The van der Waals surface area contributed by atoms with Crippen LogP contribution in [0.15, 0.2) is 54.1 Å². The number of amides is 1. The Morgan fingerprint density at radius 1 is 1.14 bits per heavy atom. The van der Waals surface area contributed by atoms with Gasteiger partial charge in [-0.3, -0.25) is 4.79 Å². The fraction of sp³-hybridized carbons (Fsp3) is 0.192. The van der Waals surface area contributed by atoms with Gasteiger partial charge in [-0.05, 0) is 36.3 Å². The second-order valence-corrected chi connectivity index (χ2v) is 9.59. The van der Waals surface area contributed by atoms with Gasteiger partial charge in [0.25, 0.3) is 5.91 Å². The van der Waals surface area contributed by atoms with Gasteiger partial charge in [0.15, 0.2) is 0 Å². The number of para-hydroxylation sites is 1. The Balaban J connectivity index is 1.86. The van der Waals surface area contributed by atoms with E-state index in [0.29, 0.717) is 31.9 Å². The summed E-state index contributed by atoms with van der Waals surface area (Å²) in [7, 11) is 1.27. The highest BCUT2D eigenvalue weighted by Crippen LogP contribution is 2.34. The fourth-order valence-electron chi connectivity index (χ4n) is 3.07. The molecule has 0 aliphatic rings. The molecule has 3 rings (SSSR count). The van der Waals surface area contributed by atoms with Gasteiger partial charge >= 0.3 is 5.97 Å². The third-order valence-electron chi connectivity index (χ3n) is 4.97. The van der Waals surface area contributed by atoms with Crippen LogP contribution in [-0.2, 0) is 16.1 Å². The molecule has 0 radical (unpaired) electrons. The predicted octanol–water partition coefficient (Wildman–Crippen LogP) is 7.09. The standard InChI is InChI=1S/C26H22Cl2N2O4S/c1-15(2)23-12-18(26(32)33-3)25(35-23)30-24(31)17(13-29)11-16-7-4-5-10-22(16)34-14-19-20(27)8-6-9-21(19)28/h4-12,15H,14H2,1-3H3,(H,30,31)/b17-11+. The molecule has 0 saturated heterocycles. The Kier molecular flexibility index (Phi) is 8.94. The Hall–Kier alpha value is -3.31. The highest BCUT2D eigenvalue weighted by Gasteiger charge is 2.21.